The highest BCUT2D eigenvalue weighted by Gasteiger charge is 2.76. The van der Waals surface area contributed by atoms with Crippen LogP contribution in [0.1, 0.15) is 62.8 Å². The van der Waals surface area contributed by atoms with Crippen LogP contribution in [0.4, 0.5) is 0 Å². The van der Waals surface area contributed by atoms with Crippen molar-refractivity contribution in [3.8, 4) is 17.6 Å². The zero-order chi connectivity index (χ0) is 19.1. The minimum Gasteiger partial charge on any atom is -0.493 e. The first-order chi connectivity index (χ1) is 13.0. The number of rotatable bonds is 5. The first-order valence-electron chi connectivity index (χ1n) is 9.73. The Morgan fingerprint density at radius 2 is 1.93 bits per heavy atom. The normalized spacial score (nSPS) is 32.8. The molecule has 27 heavy (non-hydrogen) atoms. The maximum Gasteiger partial charge on any atom is 0.354 e. The molecule has 3 aliphatic rings. The van der Waals surface area contributed by atoms with Crippen molar-refractivity contribution in [3.05, 3.63) is 23.8 Å². The lowest BCUT2D eigenvalue weighted by atomic mass is 9.74. The minimum absolute atomic E-state index is 0.260. The molecule has 2 saturated carbocycles. The van der Waals surface area contributed by atoms with Gasteiger partial charge in [-0.15, -0.1) is 0 Å². The Labute approximate surface area is 159 Å². The second-order valence-corrected chi connectivity index (χ2v) is 7.90. The Morgan fingerprint density at radius 3 is 2.48 bits per heavy atom. The molecule has 1 aromatic rings. The molecular weight excluding hydrogens is 346 g/mol. The predicted molar refractivity (Wildman–Crippen MR) is 96.9 cm³/mol. The number of nitriles is 1. The van der Waals surface area contributed by atoms with Crippen LogP contribution in [0.5, 0.6) is 11.5 Å². The second kappa shape index (κ2) is 6.72. The molecule has 1 saturated heterocycles. The van der Waals surface area contributed by atoms with E-state index in [2.05, 4.69) is 12.1 Å². The zero-order valence-electron chi connectivity index (χ0n) is 15.6. The molecule has 0 amide bonds. The van der Waals surface area contributed by atoms with Gasteiger partial charge in [0.25, 0.3) is 5.60 Å². The van der Waals surface area contributed by atoms with Gasteiger partial charge in [0.15, 0.2) is 11.5 Å². The Morgan fingerprint density at radius 1 is 1.22 bits per heavy atom. The summed E-state index contributed by atoms with van der Waals surface area (Å²) in [5, 5.41) is 18.6. The van der Waals surface area contributed by atoms with Gasteiger partial charge in [-0.25, -0.2) is 4.79 Å². The average molecular weight is 371 g/mol. The van der Waals surface area contributed by atoms with E-state index in [0.717, 1.165) is 37.2 Å². The number of hydrogen-bond acceptors (Lipinski definition) is 5. The lowest BCUT2D eigenvalue weighted by Gasteiger charge is -2.28. The summed E-state index contributed by atoms with van der Waals surface area (Å²) in [5.74, 6) is 0.682. The Bertz CT molecular complexity index is 771. The lowest BCUT2D eigenvalue weighted by molar-refractivity contribution is -0.141. The van der Waals surface area contributed by atoms with Crippen molar-refractivity contribution in [2.75, 3.05) is 7.11 Å². The Hall–Kier alpha value is -2.26. The summed E-state index contributed by atoms with van der Waals surface area (Å²) in [5.41, 5.74) is -1.27. The van der Waals surface area contributed by atoms with E-state index in [9.17, 15) is 15.2 Å². The van der Waals surface area contributed by atoms with E-state index >= 15 is 0 Å². The van der Waals surface area contributed by atoms with Crippen LogP contribution in [-0.4, -0.2) is 35.5 Å². The molecule has 1 aromatic carbocycles. The molecule has 1 spiro atoms. The van der Waals surface area contributed by atoms with Crippen LogP contribution in [0.25, 0.3) is 0 Å². The molecule has 6 heteroatoms. The number of epoxide rings is 1. The molecule has 0 bridgehead atoms. The predicted octanol–water partition coefficient (Wildman–Crippen LogP) is 3.79. The van der Waals surface area contributed by atoms with Gasteiger partial charge in [-0.1, -0.05) is 6.07 Å². The van der Waals surface area contributed by atoms with Crippen LogP contribution in [0.3, 0.4) is 0 Å². The number of hydrogen-bond donors (Lipinski definition) is 1. The maximum atomic E-state index is 11.4. The second-order valence-electron chi connectivity index (χ2n) is 7.90. The summed E-state index contributed by atoms with van der Waals surface area (Å²) >= 11 is 0. The van der Waals surface area contributed by atoms with Gasteiger partial charge in [-0.2, -0.15) is 5.26 Å². The molecule has 1 aliphatic heterocycles. The van der Waals surface area contributed by atoms with E-state index in [1.54, 1.807) is 7.11 Å². The first kappa shape index (κ1) is 18.1. The standard InChI is InChI=1S/C21H25NO5/c1-25-17-7-6-15(12-18(17)26-16-4-2-3-5-16)14-8-10-20(11-9-14)21(13-22,27-20)19(23)24/h6-7,12,14,16H,2-5,8-11H2,1H3,(H,23,24). The number of carbonyl (C=O) groups is 1. The molecule has 1 atom stereocenters. The van der Waals surface area contributed by atoms with Crippen LogP contribution < -0.4 is 9.47 Å². The molecule has 144 valence electrons. The van der Waals surface area contributed by atoms with E-state index in [1.807, 2.05) is 12.1 Å². The highest BCUT2D eigenvalue weighted by Crippen LogP contribution is 2.58. The minimum atomic E-state index is -1.64. The fourth-order valence-corrected chi connectivity index (χ4v) is 4.78. The SMILES string of the molecule is COc1ccc(C2CCC3(CC2)OC3(C#N)C(=O)O)cc1OC1CCCC1. The largest absolute Gasteiger partial charge is 0.493 e. The lowest BCUT2D eigenvalue weighted by Crippen LogP contribution is -2.35. The van der Waals surface area contributed by atoms with E-state index in [0.29, 0.717) is 18.8 Å². The summed E-state index contributed by atoms with van der Waals surface area (Å²) in [6.07, 6.45) is 7.62. The third-order valence-electron chi connectivity index (χ3n) is 6.46. The summed E-state index contributed by atoms with van der Waals surface area (Å²) in [6, 6.07) is 7.96. The number of methoxy groups -OCH3 is 1. The third kappa shape index (κ3) is 2.94. The van der Waals surface area contributed by atoms with Gasteiger partial charge in [0.1, 0.15) is 11.7 Å². The van der Waals surface area contributed by atoms with E-state index < -0.39 is 17.2 Å². The highest BCUT2D eigenvalue weighted by molar-refractivity contribution is 5.87. The number of benzene rings is 1. The summed E-state index contributed by atoms with van der Waals surface area (Å²) in [4.78, 5) is 11.4. The van der Waals surface area contributed by atoms with E-state index in [4.69, 9.17) is 14.2 Å². The summed E-state index contributed by atoms with van der Waals surface area (Å²) in [6.45, 7) is 0. The van der Waals surface area contributed by atoms with E-state index in [1.165, 1.54) is 18.4 Å². The smallest absolute Gasteiger partial charge is 0.354 e. The molecule has 3 fully saturated rings. The highest BCUT2D eigenvalue weighted by atomic mass is 16.7. The van der Waals surface area contributed by atoms with Gasteiger partial charge >= 0.3 is 5.97 Å². The molecule has 1 unspecified atom stereocenters. The van der Waals surface area contributed by atoms with Gasteiger partial charge in [0, 0.05) is 0 Å². The van der Waals surface area contributed by atoms with Crippen molar-refractivity contribution in [3.63, 3.8) is 0 Å². The van der Waals surface area contributed by atoms with Crippen molar-refractivity contribution in [2.24, 2.45) is 0 Å². The number of nitrogens with zero attached hydrogens (tertiary/aromatic N) is 1. The van der Waals surface area contributed by atoms with Crippen LogP contribution in [0.2, 0.25) is 0 Å². The van der Waals surface area contributed by atoms with Crippen LogP contribution in [-0.2, 0) is 9.53 Å². The zero-order valence-corrected chi connectivity index (χ0v) is 15.6. The maximum absolute atomic E-state index is 11.4. The summed E-state index contributed by atoms with van der Waals surface area (Å²) in [7, 11) is 1.65. The first-order valence-corrected chi connectivity index (χ1v) is 9.73. The van der Waals surface area contributed by atoms with Crippen molar-refractivity contribution in [2.45, 2.75) is 74.6 Å². The van der Waals surface area contributed by atoms with Crippen LogP contribution >= 0.6 is 0 Å². The van der Waals surface area contributed by atoms with Crippen LogP contribution in [0, 0.1) is 11.3 Å². The molecule has 0 radical (unpaired) electrons. The number of ether oxygens (including phenoxy) is 3. The molecular formula is C21H25NO5. The topological polar surface area (TPSA) is 92.1 Å². The van der Waals surface area contributed by atoms with Crippen molar-refractivity contribution < 1.29 is 24.1 Å². The quantitative estimate of drug-likeness (QED) is 0.792. The van der Waals surface area contributed by atoms with Crippen molar-refractivity contribution in [1.29, 1.82) is 5.26 Å². The van der Waals surface area contributed by atoms with Crippen LogP contribution in [0.15, 0.2) is 18.2 Å². The van der Waals surface area contributed by atoms with Gasteiger partial charge in [0.2, 0.25) is 0 Å². The van der Waals surface area contributed by atoms with Gasteiger partial charge in [-0.05, 0) is 75.0 Å². The van der Waals surface area contributed by atoms with Gasteiger partial charge < -0.3 is 19.3 Å². The summed E-state index contributed by atoms with van der Waals surface area (Å²) < 4.78 is 17.1. The Kier molecular flexibility index (Phi) is 4.51. The Balaban J connectivity index is 1.47. The molecule has 1 heterocycles. The number of carboxylic acid groups (broad SMARTS) is 1. The molecule has 4 rings (SSSR count). The molecule has 6 nitrogen and oxygen atoms in total. The average Bonchev–Trinajstić information content (AvgIpc) is 3.03. The van der Waals surface area contributed by atoms with Gasteiger partial charge in [-0.3, -0.25) is 0 Å². The fraction of sp³-hybridized carbons (Fsp3) is 0.619. The monoisotopic (exact) mass is 371 g/mol. The van der Waals surface area contributed by atoms with Gasteiger partial charge in [0.05, 0.1) is 13.2 Å². The fourth-order valence-electron chi connectivity index (χ4n) is 4.78. The third-order valence-corrected chi connectivity index (χ3v) is 6.46. The molecule has 1 N–H and O–H groups in total. The number of carboxylic acids is 1. The van der Waals surface area contributed by atoms with Crippen molar-refractivity contribution in [1.82, 2.24) is 0 Å². The van der Waals surface area contributed by atoms with E-state index in [-0.39, 0.29) is 6.10 Å². The van der Waals surface area contributed by atoms with Crippen molar-refractivity contribution >= 4 is 5.97 Å². The molecule has 0 aromatic heterocycles. The molecule has 2 aliphatic carbocycles. The number of aliphatic carboxylic acids is 1.